The number of hydrogen-bond acceptors (Lipinski definition) is 9. The molecule has 0 aliphatic rings. The van der Waals surface area contributed by atoms with Crippen LogP contribution in [-0.2, 0) is 19.1 Å². The van der Waals surface area contributed by atoms with Crippen LogP contribution in [0.1, 0.15) is 78.2 Å². The van der Waals surface area contributed by atoms with E-state index in [9.17, 15) is 14.4 Å². The Labute approximate surface area is 208 Å². The number of nitrogens with zero attached hydrogens (tertiary/aromatic N) is 1. The highest BCUT2D eigenvalue weighted by Gasteiger charge is 2.25. The second-order valence-electron chi connectivity index (χ2n) is 8.53. The van der Waals surface area contributed by atoms with Gasteiger partial charge < -0.3 is 29.4 Å². The summed E-state index contributed by atoms with van der Waals surface area (Å²) in [6.45, 7) is 12.7. The maximum atomic E-state index is 12.7. The number of aromatic nitrogens is 1. The number of esters is 2. The molecule has 0 saturated heterocycles. The van der Waals surface area contributed by atoms with Crippen molar-refractivity contribution in [1.29, 1.82) is 0 Å². The zero-order chi connectivity index (χ0) is 27.0. The Morgan fingerprint density at radius 1 is 1.11 bits per heavy atom. The van der Waals surface area contributed by atoms with Gasteiger partial charge in [0.2, 0.25) is 6.79 Å². The summed E-state index contributed by atoms with van der Waals surface area (Å²) in [4.78, 5) is 40.0. The van der Waals surface area contributed by atoms with E-state index in [4.69, 9.17) is 24.1 Å². The fourth-order valence-electron chi connectivity index (χ4n) is 2.83. The lowest BCUT2D eigenvalue weighted by molar-refractivity contribution is -0.151. The van der Waals surface area contributed by atoms with Gasteiger partial charge in [0.1, 0.15) is 6.04 Å². The Balaban J connectivity index is 0.00000209. The molecule has 0 fully saturated rings. The molecule has 0 saturated carbocycles. The van der Waals surface area contributed by atoms with Gasteiger partial charge in [-0.2, -0.15) is 0 Å². The summed E-state index contributed by atoms with van der Waals surface area (Å²) in [7, 11) is 1.40. The highest BCUT2D eigenvalue weighted by atomic mass is 16.7. The van der Waals surface area contributed by atoms with Crippen LogP contribution >= 0.6 is 0 Å². The lowest BCUT2D eigenvalue weighted by Crippen LogP contribution is -2.41. The van der Waals surface area contributed by atoms with Crippen molar-refractivity contribution in [3.8, 4) is 11.5 Å². The van der Waals surface area contributed by atoms with Gasteiger partial charge in [0, 0.05) is 25.8 Å². The van der Waals surface area contributed by atoms with Crippen LogP contribution in [0.15, 0.2) is 12.3 Å². The number of rotatable bonds is 13. The van der Waals surface area contributed by atoms with Crippen LogP contribution in [0.25, 0.3) is 0 Å². The molecule has 0 spiro atoms. The number of ether oxygens (including phenoxy) is 4. The van der Waals surface area contributed by atoms with Gasteiger partial charge in [-0.25, -0.2) is 9.78 Å². The van der Waals surface area contributed by atoms with Gasteiger partial charge in [0.25, 0.3) is 5.91 Å². The first-order valence-electron chi connectivity index (χ1n) is 11.9. The molecule has 2 atom stereocenters. The van der Waals surface area contributed by atoms with Crippen LogP contribution in [-0.4, -0.2) is 60.6 Å². The molecule has 1 unspecified atom stereocenters. The van der Waals surface area contributed by atoms with Gasteiger partial charge in [0.05, 0.1) is 13.2 Å². The minimum absolute atomic E-state index is 0.00131. The SMILES string of the molecule is CC(C)CO.CCC(CC)CC(C)OC(=O)[C@H](C)NC(=O)c1nccc(OC)c1OCOC(C)=O. The fourth-order valence-corrected chi connectivity index (χ4v) is 2.83. The number of hydrogen-bond donors (Lipinski definition) is 2. The van der Waals surface area contributed by atoms with Crippen LogP contribution in [0.3, 0.4) is 0 Å². The van der Waals surface area contributed by atoms with Crippen molar-refractivity contribution >= 4 is 17.8 Å². The van der Waals surface area contributed by atoms with Crippen molar-refractivity contribution in [2.75, 3.05) is 20.5 Å². The van der Waals surface area contributed by atoms with Crippen molar-refractivity contribution in [3.05, 3.63) is 18.0 Å². The summed E-state index contributed by atoms with van der Waals surface area (Å²) >= 11 is 0. The van der Waals surface area contributed by atoms with E-state index in [1.807, 2.05) is 20.8 Å². The number of nitrogens with one attached hydrogen (secondary N) is 1. The van der Waals surface area contributed by atoms with E-state index in [1.54, 1.807) is 0 Å². The van der Waals surface area contributed by atoms with E-state index >= 15 is 0 Å². The lowest BCUT2D eigenvalue weighted by Gasteiger charge is -2.21. The second kappa shape index (κ2) is 17.5. The van der Waals surface area contributed by atoms with Gasteiger partial charge in [-0.05, 0) is 32.1 Å². The molecule has 0 aliphatic heterocycles. The van der Waals surface area contributed by atoms with Gasteiger partial charge in [-0.3, -0.25) is 9.59 Å². The maximum absolute atomic E-state index is 12.7. The molecular weight excluding hydrogens is 456 g/mol. The molecule has 1 aromatic heterocycles. The Kier molecular flexibility index (Phi) is 16.1. The van der Waals surface area contributed by atoms with Crippen LogP contribution in [0, 0.1) is 11.8 Å². The highest BCUT2D eigenvalue weighted by Crippen LogP contribution is 2.29. The van der Waals surface area contributed by atoms with Gasteiger partial charge in [-0.15, -0.1) is 0 Å². The molecule has 1 rings (SSSR count). The Morgan fingerprint density at radius 3 is 2.20 bits per heavy atom. The first-order chi connectivity index (χ1) is 16.5. The van der Waals surface area contributed by atoms with E-state index in [0.717, 1.165) is 19.3 Å². The van der Waals surface area contributed by atoms with Gasteiger partial charge >= 0.3 is 11.9 Å². The molecular formula is C25H42N2O8. The van der Waals surface area contributed by atoms with Crippen LogP contribution < -0.4 is 14.8 Å². The van der Waals surface area contributed by atoms with E-state index in [-0.39, 0.29) is 23.3 Å². The van der Waals surface area contributed by atoms with Crippen LogP contribution in [0.2, 0.25) is 0 Å². The molecule has 1 aromatic rings. The quantitative estimate of drug-likeness (QED) is 0.309. The van der Waals surface area contributed by atoms with Crippen molar-refractivity contribution in [2.45, 2.75) is 79.9 Å². The Hall–Kier alpha value is -2.88. The summed E-state index contributed by atoms with van der Waals surface area (Å²) in [5.74, 6) is -0.568. The second-order valence-corrected chi connectivity index (χ2v) is 8.53. The summed E-state index contributed by atoms with van der Waals surface area (Å²) in [5.41, 5.74) is -0.105. The molecule has 2 N–H and O–H groups in total. The minimum atomic E-state index is -0.893. The number of amides is 1. The number of methoxy groups -OCH3 is 1. The average Bonchev–Trinajstić information content (AvgIpc) is 2.82. The standard InChI is InChI=1S/C21H32N2O7.C4H10O/c1-7-16(8-2)11-13(3)30-21(26)14(4)23-20(25)18-19(29-12-28-15(5)24)17(27-6)9-10-22-18;1-4(2)3-5/h9-10,13-14,16H,7-8,11-12H2,1-6H3,(H,23,25);4-5H,3H2,1-2H3/t13?,14-;/m0./s1. The number of pyridine rings is 1. The average molecular weight is 499 g/mol. The van der Waals surface area contributed by atoms with Crippen molar-refractivity contribution < 1.29 is 38.4 Å². The van der Waals surface area contributed by atoms with E-state index < -0.39 is 30.7 Å². The predicted molar refractivity (Wildman–Crippen MR) is 131 cm³/mol. The molecule has 0 bridgehead atoms. The largest absolute Gasteiger partial charge is 0.493 e. The first kappa shape index (κ1) is 32.1. The van der Waals surface area contributed by atoms with E-state index in [2.05, 4.69) is 24.1 Å². The summed E-state index contributed by atoms with van der Waals surface area (Å²) in [6.07, 6.45) is 3.92. The highest BCUT2D eigenvalue weighted by molar-refractivity contribution is 5.98. The lowest BCUT2D eigenvalue weighted by atomic mass is 9.97. The summed E-state index contributed by atoms with van der Waals surface area (Å²) in [6, 6.07) is 0.605. The third-order valence-electron chi connectivity index (χ3n) is 4.97. The molecule has 0 radical (unpaired) electrons. The summed E-state index contributed by atoms with van der Waals surface area (Å²) in [5, 5.41) is 10.7. The molecule has 0 aliphatic carbocycles. The van der Waals surface area contributed by atoms with Gasteiger partial charge in [-0.1, -0.05) is 40.5 Å². The molecule has 35 heavy (non-hydrogen) atoms. The zero-order valence-corrected chi connectivity index (χ0v) is 22.3. The van der Waals surface area contributed by atoms with Gasteiger partial charge in [0.15, 0.2) is 17.2 Å². The minimum Gasteiger partial charge on any atom is -0.493 e. The smallest absolute Gasteiger partial charge is 0.328 e. The summed E-state index contributed by atoms with van der Waals surface area (Å²) < 4.78 is 20.7. The molecule has 200 valence electrons. The third-order valence-corrected chi connectivity index (χ3v) is 4.97. The van der Waals surface area contributed by atoms with Crippen molar-refractivity contribution in [2.24, 2.45) is 11.8 Å². The zero-order valence-electron chi connectivity index (χ0n) is 22.3. The van der Waals surface area contributed by atoms with Crippen molar-refractivity contribution in [1.82, 2.24) is 10.3 Å². The fraction of sp³-hybridized carbons (Fsp3) is 0.680. The monoisotopic (exact) mass is 498 g/mol. The molecule has 0 aromatic carbocycles. The number of aliphatic hydroxyl groups is 1. The first-order valence-corrected chi connectivity index (χ1v) is 11.9. The molecule has 1 heterocycles. The molecule has 10 heteroatoms. The number of carbonyl (C=O) groups excluding carboxylic acids is 3. The maximum Gasteiger partial charge on any atom is 0.328 e. The normalized spacial score (nSPS) is 12.2. The Bertz CT molecular complexity index is 781. The number of carbonyl (C=O) groups is 3. The van der Waals surface area contributed by atoms with Crippen molar-refractivity contribution in [3.63, 3.8) is 0 Å². The van der Waals surface area contributed by atoms with Crippen LogP contribution in [0.5, 0.6) is 11.5 Å². The molecule has 1 amide bonds. The third kappa shape index (κ3) is 13.0. The number of aliphatic hydroxyl groups excluding tert-OH is 1. The van der Waals surface area contributed by atoms with E-state index in [1.165, 1.54) is 33.2 Å². The van der Waals surface area contributed by atoms with E-state index in [0.29, 0.717) is 18.4 Å². The topological polar surface area (TPSA) is 133 Å². The van der Waals surface area contributed by atoms with Crippen LogP contribution in [0.4, 0.5) is 0 Å². The molecule has 10 nitrogen and oxygen atoms in total. The Morgan fingerprint density at radius 2 is 1.71 bits per heavy atom. The predicted octanol–water partition coefficient (Wildman–Crippen LogP) is 3.50.